The number of benzene rings is 1. The Bertz CT molecular complexity index is 1370. The van der Waals surface area contributed by atoms with Gasteiger partial charge in [0.15, 0.2) is 0 Å². The minimum absolute atomic E-state index is 0.0889. The van der Waals surface area contributed by atoms with Crippen molar-refractivity contribution in [1.82, 2.24) is 19.6 Å². The zero-order valence-electron chi connectivity index (χ0n) is 21.7. The van der Waals surface area contributed by atoms with Gasteiger partial charge in [0, 0.05) is 38.4 Å². The van der Waals surface area contributed by atoms with Gasteiger partial charge in [-0.25, -0.2) is 27.3 Å². The Labute approximate surface area is 228 Å². The van der Waals surface area contributed by atoms with Gasteiger partial charge in [-0.05, 0) is 50.3 Å². The van der Waals surface area contributed by atoms with E-state index in [0.717, 1.165) is 18.2 Å². The summed E-state index contributed by atoms with van der Waals surface area (Å²) >= 11 is 0. The molecule has 4 N–H and O–H groups in total. The molecule has 4 rings (SSSR count). The molecule has 2 aliphatic rings. The van der Waals surface area contributed by atoms with Crippen molar-refractivity contribution in [2.75, 3.05) is 36.4 Å². The highest BCUT2D eigenvalue weighted by Gasteiger charge is 2.39. The summed E-state index contributed by atoms with van der Waals surface area (Å²) in [4.78, 5) is 20.9. The smallest absolute Gasteiger partial charge is 0.421 e. The predicted octanol–water partition coefficient (Wildman–Crippen LogP) is 3.40. The first-order chi connectivity index (χ1) is 18.6. The molecule has 16 heteroatoms. The van der Waals surface area contributed by atoms with Crippen LogP contribution in [-0.2, 0) is 16.2 Å². The molecule has 3 atom stereocenters. The summed E-state index contributed by atoms with van der Waals surface area (Å²) in [5, 5.41) is 22.0. The second-order valence-corrected chi connectivity index (χ2v) is 12.2. The van der Waals surface area contributed by atoms with E-state index in [-0.39, 0.29) is 55.0 Å². The average Bonchev–Trinajstić information content (AvgIpc) is 2.85. The summed E-state index contributed by atoms with van der Waals surface area (Å²) in [6.45, 7) is 3.65. The maximum atomic E-state index is 15.0. The highest BCUT2D eigenvalue weighted by Crippen LogP contribution is 2.38. The fourth-order valence-electron chi connectivity index (χ4n) is 4.92. The highest BCUT2D eigenvalue weighted by atomic mass is 32.2. The highest BCUT2D eigenvalue weighted by molar-refractivity contribution is 7.89. The van der Waals surface area contributed by atoms with Crippen LogP contribution in [-0.4, -0.2) is 77.4 Å². The molecule has 0 saturated carbocycles. The molecule has 2 aromatic rings. The van der Waals surface area contributed by atoms with Crippen LogP contribution in [0.15, 0.2) is 29.3 Å². The lowest BCUT2D eigenvalue weighted by Crippen LogP contribution is -2.51. The summed E-state index contributed by atoms with van der Waals surface area (Å²) in [7, 11) is -4.17. The molecule has 2 fully saturated rings. The summed E-state index contributed by atoms with van der Waals surface area (Å²) in [6, 6.07) is 2.43. The monoisotopic (exact) mass is 590 g/mol. The molecule has 2 aliphatic heterocycles. The van der Waals surface area contributed by atoms with Crippen LogP contribution < -0.4 is 14.9 Å². The Kier molecular flexibility index (Phi) is 8.15. The van der Waals surface area contributed by atoms with Crippen LogP contribution in [0.1, 0.15) is 38.7 Å². The molecule has 1 aromatic heterocycles. The lowest BCUT2D eigenvalue weighted by atomic mass is 9.95. The van der Waals surface area contributed by atoms with Crippen LogP contribution in [0.25, 0.3) is 0 Å². The number of anilines is 3. The number of aromatic nitrogens is 2. The van der Waals surface area contributed by atoms with Gasteiger partial charge in [-0.2, -0.15) is 18.2 Å². The minimum atomic E-state index is -4.77. The van der Waals surface area contributed by atoms with Gasteiger partial charge in [0.05, 0.1) is 16.2 Å². The van der Waals surface area contributed by atoms with Crippen molar-refractivity contribution in [1.29, 1.82) is 0 Å². The summed E-state index contributed by atoms with van der Waals surface area (Å²) in [5.41, 5.74) is -2.59. The van der Waals surface area contributed by atoms with Crippen molar-refractivity contribution in [3.8, 4) is 0 Å². The molecule has 0 unspecified atom stereocenters. The third-order valence-corrected chi connectivity index (χ3v) is 8.52. The van der Waals surface area contributed by atoms with Crippen molar-refractivity contribution < 1.29 is 41.0 Å². The van der Waals surface area contributed by atoms with Crippen molar-refractivity contribution >= 4 is 33.6 Å². The van der Waals surface area contributed by atoms with Gasteiger partial charge >= 0.3 is 12.3 Å². The maximum Gasteiger partial charge on any atom is 0.421 e. The number of carbonyl (C=O) groups is 1. The Hall–Kier alpha value is -3.24. The number of rotatable bonds is 6. The van der Waals surface area contributed by atoms with Crippen molar-refractivity contribution in [2.24, 2.45) is 5.92 Å². The third-order valence-electron chi connectivity index (χ3n) is 7.03. The first kappa shape index (κ1) is 29.7. The number of halogens is 4. The summed E-state index contributed by atoms with van der Waals surface area (Å²) < 4.78 is 84.3. The largest absolute Gasteiger partial charge is 0.465 e. The fraction of sp³-hybridized carbons (Fsp3) is 0.542. The molecule has 3 heterocycles. The minimum Gasteiger partial charge on any atom is -0.465 e. The topological polar surface area (TPSA) is 148 Å². The molecule has 40 heavy (non-hydrogen) atoms. The molecular formula is C24H30F4N6O5S. The van der Waals surface area contributed by atoms with E-state index in [0.29, 0.717) is 19.0 Å². The summed E-state index contributed by atoms with van der Waals surface area (Å²) in [5.74, 6) is -2.14. The zero-order valence-corrected chi connectivity index (χ0v) is 22.6. The molecule has 220 valence electrons. The summed E-state index contributed by atoms with van der Waals surface area (Å²) in [6.07, 6.45) is -4.19. The van der Waals surface area contributed by atoms with Crippen LogP contribution in [0, 0.1) is 11.7 Å². The molecule has 11 nitrogen and oxygen atoms in total. The van der Waals surface area contributed by atoms with Gasteiger partial charge in [-0.1, -0.05) is 6.92 Å². The van der Waals surface area contributed by atoms with Crippen LogP contribution in [0.5, 0.6) is 0 Å². The molecule has 0 aliphatic carbocycles. The number of alkyl halides is 3. The van der Waals surface area contributed by atoms with Gasteiger partial charge in [-0.15, -0.1) is 0 Å². The number of piperidine rings is 2. The number of likely N-dealkylation sites (tertiary alicyclic amines) is 1. The Balaban J connectivity index is 1.53. The van der Waals surface area contributed by atoms with Gasteiger partial charge in [0.25, 0.3) is 0 Å². The van der Waals surface area contributed by atoms with Crippen LogP contribution in [0.4, 0.5) is 39.8 Å². The third kappa shape index (κ3) is 6.72. The van der Waals surface area contributed by atoms with E-state index < -0.39 is 51.1 Å². The Morgan fingerprint density at radius 1 is 1.25 bits per heavy atom. The molecule has 0 radical (unpaired) electrons. The number of hydrogen-bond donors (Lipinski definition) is 4. The first-order valence-corrected chi connectivity index (χ1v) is 14.0. The van der Waals surface area contributed by atoms with E-state index in [2.05, 4.69) is 20.0 Å². The zero-order chi connectivity index (χ0) is 29.5. The fourth-order valence-corrected chi connectivity index (χ4v) is 6.31. The second kappa shape index (κ2) is 11.0. The van der Waals surface area contributed by atoms with Crippen molar-refractivity contribution in [3.05, 3.63) is 35.8 Å². The van der Waals surface area contributed by atoms with Gasteiger partial charge in [-0.3, -0.25) is 0 Å². The molecule has 0 bridgehead atoms. The van der Waals surface area contributed by atoms with E-state index in [1.165, 1.54) is 16.7 Å². The van der Waals surface area contributed by atoms with Gasteiger partial charge in [0.2, 0.25) is 16.0 Å². The maximum absolute atomic E-state index is 15.0. The Morgan fingerprint density at radius 3 is 2.58 bits per heavy atom. The molecule has 0 spiro atoms. The molecular weight excluding hydrogens is 560 g/mol. The molecule has 2 saturated heterocycles. The number of β-amino-alcohol motifs (C(OH)–C–C–N with tert-alkyl or cyclic N) is 1. The lowest BCUT2D eigenvalue weighted by Gasteiger charge is -2.38. The van der Waals surface area contributed by atoms with E-state index in [9.17, 15) is 35.9 Å². The van der Waals surface area contributed by atoms with Crippen LogP contribution >= 0.6 is 0 Å². The van der Waals surface area contributed by atoms with Gasteiger partial charge < -0.3 is 25.3 Å². The predicted molar refractivity (Wildman–Crippen MR) is 136 cm³/mol. The molecule has 1 aromatic carbocycles. The van der Waals surface area contributed by atoms with Crippen LogP contribution in [0.3, 0.4) is 0 Å². The number of nitrogens with one attached hydrogen (secondary N) is 2. The standard InChI is InChI=1S/C24H30F4N6O5S/c1-14-12-33(22(35)36)9-6-18(14)32-40(38,39)15-4-5-19(17(25)10-15)30-21-29-11-16(24(26,27)28)20(31-21)34-8-3-7-23(2,37)13-34/h4-5,10-11,14,18,32,37H,3,6-9,12-13H2,1-2H3,(H,35,36)(H,29,30,31)/t14-,18+,23-/m0/s1. The van der Waals surface area contributed by atoms with Gasteiger partial charge in [0.1, 0.15) is 17.2 Å². The van der Waals surface area contributed by atoms with Crippen molar-refractivity contribution in [3.63, 3.8) is 0 Å². The quantitative estimate of drug-likeness (QED) is 0.372. The number of aliphatic hydroxyl groups is 1. The van der Waals surface area contributed by atoms with Crippen molar-refractivity contribution in [2.45, 2.75) is 55.8 Å². The average molecular weight is 591 g/mol. The number of sulfonamides is 1. The lowest BCUT2D eigenvalue weighted by molar-refractivity contribution is -0.137. The number of amides is 1. The number of nitrogens with zero attached hydrogens (tertiary/aromatic N) is 4. The van der Waals surface area contributed by atoms with Crippen LogP contribution in [0.2, 0.25) is 0 Å². The van der Waals surface area contributed by atoms with E-state index in [1.54, 1.807) is 6.92 Å². The molecule has 1 amide bonds. The Morgan fingerprint density at radius 2 is 1.98 bits per heavy atom. The van der Waals surface area contributed by atoms with E-state index in [4.69, 9.17) is 5.11 Å². The van der Waals surface area contributed by atoms with E-state index >= 15 is 0 Å². The second-order valence-electron chi connectivity index (χ2n) is 10.4. The van der Waals surface area contributed by atoms with E-state index in [1.807, 2.05) is 0 Å². The first-order valence-electron chi connectivity index (χ1n) is 12.5. The SMILES string of the molecule is C[C@H]1CN(C(=O)O)CC[C@H]1NS(=O)(=O)c1ccc(Nc2ncc(C(F)(F)F)c(N3CCC[C@](C)(O)C3)n2)c(F)c1. The number of hydrogen-bond acceptors (Lipinski definition) is 8. The number of carboxylic acid groups (broad SMARTS) is 1. The normalized spacial score (nSPS) is 24.2.